The Labute approximate surface area is 121 Å². The fraction of sp³-hybridized carbons (Fsp3) is 0.562. The molecule has 0 aliphatic heterocycles. The summed E-state index contributed by atoms with van der Waals surface area (Å²) in [6, 6.07) is 10.4. The number of aryl methyl sites for hydroxylation is 1. The highest BCUT2D eigenvalue weighted by molar-refractivity contribution is 5.28. The molecule has 0 N–H and O–H groups in total. The Bertz CT molecular complexity index is 403. The van der Waals surface area contributed by atoms with Gasteiger partial charge in [0.05, 0.1) is 19.3 Å². The first-order valence-corrected chi connectivity index (χ1v) is 6.97. The highest BCUT2D eigenvalue weighted by Gasteiger charge is 2.19. The number of hydrogen-bond acceptors (Lipinski definition) is 4. The molecular weight excluding hydrogens is 252 g/mol. The van der Waals surface area contributed by atoms with Crippen LogP contribution in [0.15, 0.2) is 24.3 Å². The molecule has 1 aromatic rings. The number of methoxy groups -OCH3 is 2. The lowest BCUT2D eigenvalue weighted by Crippen LogP contribution is -2.34. The van der Waals surface area contributed by atoms with Crippen LogP contribution in [0.3, 0.4) is 0 Å². The minimum atomic E-state index is -0.258. The molecule has 0 saturated heterocycles. The second kappa shape index (κ2) is 9.49. The molecule has 1 atom stereocenters. The second-order valence-electron chi connectivity index (χ2n) is 4.65. The van der Waals surface area contributed by atoms with Crippen molar-refractivity contribution in [3.05, 3.63) is 35.4 Å². The molecule has 0 saturated carbocycles. The normalized spacial score (nSPS) is 12.3. The van der Waals surface area contributed by atoms with E-state index in [4.69, 9.17) is 9.47 Å². The summed E-state index contributed by atoms with van der Waals surface area (Å²) in [7, 11) is 3.35. The Morgan fingerprint density at radius 1 is 1.10 bits per heavy atom. The summed E-state index contributed by atoms with van der Waals surface area (Å²) >= 11 is 0. The molecule has 0 spiro atoms. The van der Waals surface area contributed by atoms with E-state index in [1.807, 2.05) is 12.1 Å². The molecule has 0 radical (unpaired) electrons. The van der Waals surface area contributed by atoms with Crippen LogP contribution in [0.25, 0.3) is 0 Å². The minimum Gasteiger partial charge on any atom is -0.383 e. The smallest absolute Gasteiger partial charge is 0.124 e. The molecular formula is C16H24N2O2. The summed E-state index contributed by atoms with van der Waals surface area (Å²) in [5.74, 6) is 0. The summed E-state index contributed by atoms with van der Waals surface area (Å²) in [5, 5.41) is 9.50. The maximum absolute atomic E-state index is 9.50. The molecule has 0 bridgehead atoms. The highest BCUT2D eigenvalue weighted by atomic mass is 16.5. The van der Waals surface area contributed by atoms with Crippen LogP contribution in [0.4, 0.5) is 0 Å². The van der Waals surface area contributed by atoms with Gasteiger partial charge in [-0.15, -0.1) is 0 Å². The molecule has 0 heterocycles. The summed E-state index contributed by atoms with van der Waals surface area (Å²) in [6.07, 6.45) is 1.01. The summed E-state index contributed by atoms with van der Waals surface area (Å²) < 4.78 is 10.3. The third-order valence-corrected chi connectivity index (χ3v) is 3.36. The third kappa shape index (κ3) is 4.93. The zero-order chi connectivity index (χ0) is 14.8. The fourth-order valence-corrected chi connectivity index (χ4v) is 2.09. The summed E-state index contributed by atoms with van der Waals surface area (Å²) in [4.78, 5) is 2.09. The van der Waals surface area contributed by atoms with Crippen LogP contribution in [0.5, 0.6) is 0 Å². The molecule has 0 fully saturated rings. The molecule has 1 unspecified atom stereocenters. The molecule has 1 rings (SSSR count). The first-order chi connectivity index (χ1) is 9.76. The molecule has 0 aliphatic rings. The number of hydrogen-bond donors (Lipinski definition) is 0. The van der Waals surface area contributed by atoms with Gasteiger partial charge in [-0.25, -0.2) is 0 Å². The van der Waals surface area contributed by atoms with E-state index in [9.17, 15) is 5.26 Å². The fourth-order valence-electron chi connectivity index (χ4n) is 2.09. The Morgan fingerprint density at radius 3 is 2.05 bits per heavy atom. The Hall–Kier alpha value is -1.41. The van der Waals surface area contributed by atoms with Gasteiger partial charge in [-0.05, 0) is 17.5 Å². The topological polar surface area (TPSA) is 45.5 Å². The lowest BCUT2D eigenvalue weighted by molar-refractivity contribution is 0.101. The van der Waals surface area contributed by atoms with Crippen molar-refractivity contribution >= 4 is 0 Å². The van der Waals surface area contributed by atoms with Crippen molar-refractivity contribution < 1.29 is 9.47 Å². The molecule has 110 valence electrons. The van der Waals surface area contributed by atoms with Crippen LogP contribution in [-0.2, 0) is 15.9 Å². The van der Waals surface area contributed by atoms with Crippen LogP contribution in [0, 0.1) is 11.3 Å². The average molecular weight is 276 g/mol. The number of ether oxygens (including phenoxy) is 2. The molecule has 4 nitrogen and oxygen atoms in total. The largest absolute Gasteiger partial charge is 0.383 e. The molecule has 20 heavy (non-hydrogen) atoms. The van der Waals surface area contributed by atoms with Gasteiger partial charge in [0.1, 0.15) is 6.04 Å². The van der Waals surface area contributed by atoms with Crippen molar-refractivity contribution in [1.29, 1.82) is 5.26 Å². The SMILES string of the molecule is CCc1ccc(C(C#N)N(CCOC)CCOC)cc1. The van der Waals surface area contributed by atoms with E-state index in [2.05, 4.69) is 30.0 Å². The maximum Gasteiger partial charge on any atom is 0.124 e. The Morgan fingerprint density at radius 2 is 1.65 bits per heavy atom. The maximum atomic E-state index is 9.50. The lowest BCUT2D eigenvalue weighted by Gasteiger charge is -2.27. The van der Waals surface area contributed by atoms with Gasteiger partial charge >= 0.3 is 0 Å². The number of nitrogens with zero attached hydrogens (tertiary/aromatic N) is 2. The van der Waals surface area contributed by atoms with Gasteiger partial charge in [0.2, 0.25) is 0 Å². The van der Waals surface area contributed by atoms with Gasteiger partial charge in [0, 0.05) is 27.3 Å². The van der Waals surface area contributed by atoms with E-state index in [1.54, 1.807) is 14.2 Å². The third-order valence-electron chi connectivity index (χ3n) is 3.36. The molecule has 4 heteroatoms. The number of benzene rings is 1. The van der Waals surface area contributed by atoms with E-state index >= 15 is 0 Å². The van der Waals surface area contributed by atoms with Crippen molar-refractivity contribution in [2.24, 2.45) is 0 Å². The van der Waals surface area contributed by atoms with Gasteiger partial charge in [0.15, 0.2) is 0 Å². The molecule has 1 aromatic carbocycles. The van der Waals surface area contributed by atoms with Crippen LogP contribution < -0.4 is 0 Å². The zero-order valence-corrected chi connectivity index (χ0v) is 12.6. The van der Waals surface area contributed by atoms with Crippen molar-refractivity contribution in [3.63, 3.8) is 0 Å². The first-order valence-electron chi connectivity index (χ1n) is 6.97. The van der Waals surface area contributed by atoms with Crippen molar-refractivity contribution in [2.75, 3.05) is 40.5 Å². The van der Waals surface area contributed by atoms with Crippen LogP contribution >= 0.6 is 0 Å². The van der Waals surface area contributed by atoms with Crippen LogP contribution in [-0.4, -0.2) is 45.4 Å². The highest BCUT2D eigenvalue weighted by Crippen LogP contribution is 2.20. The zero-order valence-electron chi connectivity index (χ0n) is 12.6. The van der Waals surface area contributed by atoms with Crippen molar-refractivity contribution in [2.45, 2.75) is 19.4 Å². The van der Waals surface area contributed by atoms with E-state index in [1.165, 1.54) is 5.56 Å². The monoisotopic (exact) mass is 276 g/mol. The Balaban J connectivity index is 2.83. The quantitative estimate of drug-likeness (QED) is 0.695. The van der Waals surface area contributed by atoms with Gasteiger partial charge < -0.3 is 9.47 Å². The minimum absolute atomic E-state index is 0.258. The molecule has 0 amide bonds. The van der Waals surface area contributed by atoms with Crippen molar-refractivity contribution in [1.82, 2.24) is 4.90 Å². The van der Waals surface area contributed by atoms with E-state index in [0.717, 1.165) is 12.0 Å². The second-order valence-corrected chi connectivity index (χ2v) is 4.65. The van der Waals surface area contributed by atoms with Gasteiger partial charge in [0.25, 0.3) is 0 Å². The van der Waals surface area contributed by atoms with Gasteiger partial charge in [-0.1, -0.05) is 31.2 Å². The first kappa shape index (κ1) is 16.6. The Kier molecular flexibility index (Phi) is 7.89. The predicted molar refractivity (Wildman–Crippen MR) is 79.5 cm³/mol. The van der Waals surface area contributed by atoms with Crippen molar-refractivity contribution in [3.8, 4) is 6.07 Å². The average Bonchev–Trinajstić information content (AvgIpc) is 2.50. The van der Waals surface area contributed by atoms with E-state index in [-0.39, 0.29) is 6.04 Å². The number of nitriles is 1. The van der Waals surface area contributed by atoms with Crippen LogP contribution in [0.2, 0.25) is 0 Å². The van der Waals surface area contributed by atoms with Gasteiger partial charge in [-0.3, -0.25) is 4.90 Å². The van der Waals surface area contributed by atoms with E-state index < -0.39 is 0 Å². The molecule has 0 aliphatic carbocycles. The summed E-state index contributed by atoms with van der Waals surface area (Å²) in [5.41, 5.74) is 2.31. The predicted octanol–water partition coefficient (Wildman–Crippen LogP) is 2.41. The van der Waals surface area contributed by atoms with E-state index in [0.29, 0.717) is 26.3 Å². The summed E-state index contributed by atoms with van der Waals surface area (Å²) in [6.45, 7) is 4.77. The van der Waals surface area contributed by atoms with Crippen LogP contribution in [0.1, 0.15) is 24.1 Å². The molecule has 0 aromatic heterocycles. The number of rotatable bonds is 9. The van der Waals surface area contributed by atoms with Gasteiger partial charge in [-0.2, -0.15) is 5.26 Å². The standard InChI is InChI=1S/C16H24N2O2/c1-4-14-5-7-15(8-6-14)16(13-17)18(9-11-19-2)10-12-20-3/h5-8,16H,4,9-12H2,1-3H3. The lowest BCUT2D eigenvalue weighted by atomic mass is 10.0.